The summed E-state index contributed by atoms with van der Waals surface area (Å²) in [5, 5.41) is 0. The van der Waals surface area contributed by atoms with E-state index in [0.717, 1.165) is 6.42 Å². The molecule has 0 unspecified atom stereocenters. The van der Waals surface area contributed by atoms with E-state index in [-0.39, 0.29) is 12.2 Å². The van der Waals surface area contributed by atoms with Crippen molar-refractivity contribution in [1.29, 1.82) is 0 Å². The highest BCUT2D eigenvalue weighted by Gasteiger charge is 2.24. The average Bonchev–Trinajstić information content (AvgIpc) is 2.63. The van der Waals surface area contributed by atoms with Crippen LogP contribution in [-0.4, -0.2) is 13.2 Å². The molecule has 0 N–H and O–H groups in total. The Balaban J connectivity index is 1.58. The Morgan fingerprint density at radius 1 is 0.833 bits per heavy atom. The van der Waals surface area contributed by atoms with Gasteiger partial charge in [0.1, 0.15) is 12.2 Å². The van der Waals surface area contributed by atoms with Crippen LogP contribution in [0.3, 0.4) is 0 Å². The summed E-state index contributed by atoms with van der Waals surface area (Å²) >= 11 is 0. The Bertz CT molecular complexity index is 620. The molecule has 0 aromatic heterocycles. The molecule has 0 saturated carbocycles. The lowest BCUT2D eigenvalue weighted by atomic mass is 9.99. The summed E-state index contributed by atoms with van der Waals surface area (Å²) in [6, 6.07) is 17.5. The first-order chi connectivity index (χ1) is 11.7. The molecule has 1 fully saturated rings. The number of ether oxygens (including phenoxy) is 2. The first-order valence-electron chi connectivity index (χ1n) is 9.09. The summed E-state index contributed by atoms with van der Waals surface area (Å²) in [4.78, 5) is 0. The number of aryl methyl sites for hydroxylation is 1. The third kappa shape index (κ3) is 4.06. The predicted molar refractivity (Wildman–Crippen MR) is 98.4 cm³/mol. The van der Waals surface area contributed by atoms with E-state index in [4.69, 9.17) is 9.47 Å². The Morgan fingerprint density at radius 2 is 1.33 bits per heavy atom. The maximum absolute atomic E-state index is 6.08. The van der Waals surface area contributed by atoms with Crippen molar-refractivity contribution in [3.63, 3.8) is 0 Å². The minimum absolute atomic E-state index is 0.0434. The van der Waals surface area contributed by atoms with E-state index in [2.05, 4.69) is 69.3 Å². The van der Waals surface area contributed by atoms with Gasteiger partial charge in [-0.05, 0) is 34.6 Å². The molecule has 2 heteroatoms. The molecule has 3 rings (SSSR count). The molecule has 2 aromatic carbocycles. The highest BCUT2D eigenvalue weighted by molar-refractivity contribution is 5.27. The summed E-state index contributed by atoms with van der Waals surface area (Å²) in [6.45, 7) is 7.86. The van der Waals surface area contributed by atoms with Gasteiger partial charge in [0.15, 0.2) is 0 Å². The Kier molecular flexibility index (Phi) is 5.70. The van der Waals surface area contributed by atoms with Crippen LogP contribution in [0, 0.1) is 0 Å². The maximum Gasteiger partial charge on any atom is 0.106 e. The van der Waals surface area contributed by atoms with Crippen LogP contribution in [-0.2, 0) is 15.9 Å². The van der Waals surface area contributed by atoms with Crippen LogP contribution in [0.1, 0.15) is 67.6 Å². The smallest absolute Gasteiger partial charge is 0.106 e. The fourth-order valence-corrected chi connectivity index (χ4v) is 3.17. The van der Waals surface area contributed by atoms with Gasteiger partial charge < -0.3 is 9.47 Å². The van der Waals surface area contributed by atoms with Gasteiger partial charge in [-0.15, -0.1) is 0 Å². The summed E-state index contributed by atoms with van der Waals surface area (Å²) < 4.78 is 12.2. The molecule has 2 atom stereocenters. The third-order valence-electron chi connectivity index (χ3n) is 4.76. The van der Waals surface area contributed by atoms with Gasteiger partial charge in [0.2, 0.25) is 0 Å². The Morgan fingerprint density at radius 3 is 1.75 bits per heavy atom. The molecule has 128 valence electrons. The standard InChI is InChI=1S/C22H28O2/c1-4-5-17-6-8-19(9-7-17)21-14-24-22(15-23-21)20-12-10-18(11-13-20)16(2)3/h6-13,16,21-22H,4-5,14-15H2,1-3H3/t21-,22+/m0/s1. The van der Waals surface area contributed by atoms with Gasteiger partial charge in [-0.25, -0.2) is 0 Å². The SMILES string of the molecule is CCCc1ccc([C@@H]2CO[C@@H](c3ccc(C(C)C)cc3)CO2)cc1. The van der Waals surface area contributed by atoms with Crippen LogP contribution < -0.4 is 0 Å². The van der Waals surface area contributed by atoms with Gasteiger partial charge in [-0.3, -0.25) is 0 Å². The first-order valence-corrected chi connectivity index (χ1v) is 9.09. The molecular formula is C22H28O2. The minimum Gasteiger partial charge on any atom is -0.368 e. The second-order valence-corrected chi connectivity index (χ2v) is 6.96. The van der Waals surface area contributed by atoms with Crippen LogP contribution in [0.15, 0.2) is 48.5 Å². The number of hydrogen-bond acceptors (Lipinski definition) is 2. The molecule has 2 nitrogen and oxygen atoms in total. The quantitative estimate of drug-likeness (QED) is 0.713. The number of rotatable bonds is 5. The van der Waals surface area contributed by atoms with E-state index in [9.17, 15) is 0 Å². The lowest BCUT2D eigenvalue weighted by Crippen LogP contribution is -2.25. The molecule has 0 radical (unpaired) electrons. The second-order valence-electron chi connectivity index (χ2n) is 6.96. The molecule has 0 bridgehead atoms. The summed E-state index contributed by atoms with van der Waals surface area (Å²) in [5.74, 6) is 0.558. The van der Waals surface area contributed by atoms with Crippen molar-refractivity contribution in [2.45, 2.75) is 51.7 Å². The van der Waals surface area contributed by atoms with E-state index in [1.54, 1.807) is 0 Å². The Hall–Kier alpha value is -1.64. The molecule has 1 aliphatic rings. The normalized spacial score (nSPS) is 21.2. The second kappa shape index (κ2) is 7.96. The van der Waals surface area contributed by atoms with E-state index in [0.29, 0.717) is 19.1 Å². The molecule has 1 heterocycles. The highest BCUT2D eigenvalue weighted by atomic mass is 16.6. The topological polar surface area (TPSA) is 18.5 Å². The molecule has 1 saturated heterocycles. The molecule has 2 aromatic rings. The first kappa shape index (κ1) is 17.2. The summed E-state index contributed by atoms with van der Waals surface area (Å²) in [5.41, 5.74) is 5.17. The van der Waals surface area contributed by atoms with Gasteiger partial charge in [-0.2, -0.15) is 0 Å². The van der Waals surface area contributed by atoms with Crippen molar-refractivity contribution in [2.24, 2.45) is 0 Å². The van der Waals surface area contributed by atoms with Crippen molar-refractivity contribution < 1.29 is 9.47 Å². The predicted octanol–water partition coefficient (Wildman–Crippen LogP) is 5.59. The van der Waals surface area contributed by atoms with Crippen LogP contribution in [0.2, 0.25) is 0 Å². The molecule has 24 heavy (non-hydrogen) atoms. The zero-order valence-corrected chi connectivity index (χ0v) is 15.0. The van der Waals surface area contributed by atoms with E-state index in [1.807, 2.05) is 0 Å². The fourth-order valence-electron chi connectivity index (χ4n) is 3.17. The van der Waals surface area contributed by atoms with Gasteiger partial charge in [0.05, 0.1) is 13.2 Å². The Labute approximate surface area is 145 Å². The number of hydrogen-bond donors (Lipinski definition) is 0. The van der Waals surface area contributed by atoms with Crippen molar-refractivity contribution >= 4 is 0 Å². The number of benzene rings is 2. The highest BCUT2D eigenvalue weighted by Crippen LogP contribution is 2.30. The fraction of sp³-hybridized carbons (Fsp3) is 0.455. The van der Waals surface area contributed by atoms with Gasteiger partial charge in [0, 0.05) is 0 Å². The largest absolute Gasteiger partial charge is 0.368 e. The minimum atomic E-state index is 0.0434. The average molecular weight is 324 g/mol. The zero-order valence-electron chi connectivity index (χ0n) is 15.0. The van der Waals surface area contributed by atoms with E-state index < -0.39 is 0 Å². The van der Waals surface area contributed by atoms with Gasteiger partial charge in [0.25, 0.3) is 0 Å². The monoisotopic (exact) mass is 324 g/mol. The summed E-state index contributed by atoms with van der Waals surface area (Å²) in [7, 11) is 0. The third-order valence-corrected chi connectivity index (χ3v) is 4.76. The van der Waals surface area contributed by atoms with Crippen LogP contribution in [0.25, 0.3) is 0 Å². The van der Waals surface area contributed by atoms with Gasteiger partial charge >= 0.3 is 0 Å². The molecule has 1 aliphatic heterocycles. The van der Waals surface area contributed by atoms with Crippen LogP contribution in [0.5, 0.6) is 0 Å². The van der Waals surface area contributed by atoms with Crippen LogP contribution >= 0.6 is 0 Å². The molecule has 0 amide bonds. The van der Waals surface area contributed by atoms with Crippen molar-refractivity contribution in [1.82, 2.24) is 0 Å². The van der Waals surface area contributed by atoms with Gasteiger partial charge in [-0.1, -0.05) is 75.7 Å². The molecular weight excluding hydrogens is 296 g/mol. The lowest BCUT2D eigenvalue weighted by molar-refractivity contribution is -0.137. The van der Waals surface area contributed by atoms with Crippen molar-refractivity contribution in [3.05, 3.63) is 70.8 Å². The summed E-state index contributed by atoms with van der Waals surface area (Å²) in [6.07, 6.45) is 2.41. The van der Waals surface area contributed by atoms with Crippen molar-refractivity contribution in [2.75, 3.05) is 13.2 Å². The molecule has 0 aliphatic carbocycles. The zero-order chi connectivity index (χ0) is 16.9. The van der Waals surface area contributed by atoms with Crippen LogP contribution in [0.4, 0.5) is 0 Å². The molecule has 0 spiro atoms. The maximum atomic E-state index is 6.08. The lowest BCUT2D eigenvalue weighted by Gasteiger charge is -2.30. The van der Waals surface area contributed by atoms with Crippen molar-refractivity contribution in [3.8, 4) is 0 Å². The van der Waals surface area contributed by atoms with E-state index >= 15 is 0 Å². The van der Waals surface area contributed by atoms with E-state index in [1.165, 1.54) is 28.7 Å².